The number of fused-ring (bicyclic) bond motifs is 1. The van der Waals surface area contributed by atoms with Crippen molar-refractivity contribution < 1.29 is 14.3 Å². The molecule has 0 aliphatic heterocycles. The molecule has 1 aromatic carbocycles. The van der Waals surface area contributed by atoms with Gasteiger partial charge in [-0.2, -0.15) is 4.98 Å². The molecule has 0 aliphatic carbocycles. The number of H-pyrrole nitrogens is 1. The fourth-order valence-corrected chi connectivity index (χ4v) is 4.19. The van der Waals surface area contributed by atoms with Gasteiger partial charge in [0, 0.05) is 19.3 Å². The quantitative estimate of drug-likeness (QED) is 0.380. The zero-order chi connectivity index (χ0) is 23.5. The summed E-state index contributed by atoms with van der Waals surface area (Å²) < 4.78 is 11.4. The molecule has 4 aromatic rings. The Morgan fingerprint density at radius 3 is 2.55 bits per heavy atom. The molecule has 0 saturated heterocycles. The molecule has 4 rings (SSSR count). The van der Waals surface area contributed by atoms with E-state index in [1.165, 1.54) is 26.4 Å². The number of thiophene rings is 1. The van der Waals surface area contributed by atoms with Crippen LogP contribution in [0, 0.1) is 0 Å². The minimum Gasteiger partial charge on any atom is -0.491 e. The average molecular weight is 468 g/mol. The van der Waals surface area contributed by atoms with E-state index in [1.807, 2.05) is 31.3 Å². The number of hydrogen-bond acceptors (Lipinski definition) is 8. The van der Waals surface area contributed by atoms with E-state index in [1.54, 1.807) is 6.07 Å². The fourth-order valence-electron chi connectivity index (χ4n) is 3.23. The summed E-state index contributed by atoms with van der Waals surface area (Å²) in [6.07, 6.45) is 0. The number of rotatable bonds is 7. The number of aromatic nitrogens is 3. The number of nitrogens with one attached hydrogen (secondary N) is 3. The van der Waals surface area contributed by atoms with Gasteiger partial charge in [-0.25, -0.2) is 9.36 Å². The highest BCUT2D eigenvalue weighted by molar-refractivity contribution is 7.20. The molecule has 3 aromatic heterocycles. The Morgan fingerprint density at radius 1 is 1.12 bits per heavy atom. The molecule has 0 saturated carbocycles. The molecule has 33 heavy (non-hydrogen) atoms. The Kier molecular flexibility index (Phi) is 6.13. The smallest absolute Gasteiger partial charge is 0.334 e. The molecular weight excluding hydrogens is 446 g/mol. The van der Waals surface area contributed by atoms with Gasteiger partial charge in [-0.05, 0) is 35.9 Å². The first-order chi connectivity index (χ1) is 15.9. The van der Waals surface area contributed by atoms with Crippen molar-refractivity contribution in [2.24, 2.45) is 0 Å². The van der Waals surface area contributed by atoms with Gasteiger partial charge in [0.05, 0.1) is 24.6 Å². The zero-order valence-electron chi connectivity index (χ0n) is 18.1. The van der Waals surface area contributed by atoms with Gasteiger partial charge in [0.2, 0.25) is 0 Å². The van der Waals surface area contributed by atoms with Crippen molar-refractivity contribution in [1.82, 2.24) is 19.9 Å². The van der Waals surface area contributed by atoms with Crippen LogP contribution in [-0.4, -0.2) is 41.7 Å². The van der Waals surface area contributed by atoms with Crippen LogP contribution in [0.5, 0.6) is 11.6 Å². The van der Waals surface area contributed by atoms with E-state index in [2.05, 4.69) is 20.6 Å². The molecule has 0 spiro atoms. The number of ether oxygens (including phenoxy) is 2. The van der Waals surface area contributed by atoms with Crippen LogP contribution in [0.15, 0.2) is 52.1 Å². The molecular formula is C22H21N5O5S. The van der Waals surface area contributed by atoms with E-state index in [9.17, 15) is 14.4 Å². The number of methoxy groups -OCH3 is 2. The van der Waals surface area contributed by atoms with Gasteiger partial charge in [-0.3, -0.25) is 9.59 Å². The Hall–Kier alpha value is -4.12. The normalized spacial score (nSPS) is 10.8. The van der Waals surface area contributed by atoms with Crippen molar-refractivity contribution in [3.05, 3.63) is 73.7 Å². The summed E-state index contributed by atoms with van der Waals surface area (Å²) >= 11 is 0.999. The van der Waals surface area contributed by atoms with E-state index in [4.69, 9.17) is 9.47 Å². The third-order valence-corrected chi connectivity index (χ3v) is 6.07. The molecule has 0 aliphatic rings. The molecule has 1 amide bonds. The first-order valence-electron chi connectivity index (χ1n) is 9.88. The molecule has 10 nitrogen and oxygen atoms in total. The third-order valence-electron chi connectivity index (χ3n) is 4.95. The topological polar surface area (TPSA) is 127 Å². The summed E-state index contributed by atoms with van der Waals surface area (Å²) in [5.41, 5.74) is 0.926. The first-order valence-corrected chi connectivity index (χ1v) is 10.7. The lowest BCUT2D eigenvalue weighted by atomic mass is 10.2. The number of nitrogens with zero attached hydrogens (tertiary/aromatic N) is 2. The minimum absolute atomic E-state index is 0.0743. The maximum absolute atomic E-state index is 13.1. The zero-order valence-corrected chi connectivity index (χ0v) is 18.9. The lowest BCUT2D eigenvalue weighted by Gasteiger charge is -2.09. The van der Waals surface area contributed by atoms with E-state index < -0.39 is 11.2 Å². The van der Waals surface area contributed by atoms with Crippen LogP contribution in [0.4, 0.5) is 5.69 Å². The van der Waals surface area contributed by atoms with Gasteiger partial charge in [0.25, 0.3) is 17.3 Å². The lowest BCUT2D eigenvalue weighted by molar-refractivity contribution is 0.0955. The van der Waals surface area contributed by atoms with E-state index in [-0.39, 0.29) is 27.8 Å². The third kappa shape index (κ3) is 4.30. The van der Waals surface area contributed by atoms with Crippen molar-refractivity contribution in [2.45, 2.75) is 6.54 Å². The second kappa shape index (κ2) is 9.17. The minimum atomic E-state index is -0.679. The van der Waals surface area contributed by atoms with Gasteiger partial charge in [-0.15, -0.1) is 11.3 Å². The molecule has 0 radical (unpaired) electrons. The summed E-state index contributed by atoms with van der Waals surface area (Å²) in [6.45, 7) is 0.327. The van der Waals surface area contributed by atoms with Gasteiger partial charge >= 0.3 is 5.69 Å². The number of carbonyl (C=O) groups is 1. The molecule has 0 atom stereocenters. The Bertz CT molecular complexity index is 1440. The summed E-state index contributed by atoms with van der Waals surface area (Å²) in [7, 11) is 4.70. The molecule has 3 N–H and O–H groups in total. The number of benzene rings is 1. The highest BCUT2D eigenvalue weighted by atomic mass is 32.1. The second-order valence-corrected chi connectivity index (χ2v) is 7.99. The van der Waals surface area contributed by atoms with Crippen LogP contribution in [0.3, 0.4) is 0 Å². The Morgan fingerprint density at radius 2 is 1.88 bits per heavy atom. The molecule has 3 heterocycles. The van der Waals surface area contributed by atoms with Gasteiger partial charge in [-0.1, -0.05) is 12.1 Å². The van der Waals surface area contributed by atoms with Crippen LogP contribution in [0.25, 0.3) is 16.0 Å². The maximum atomic E-state index is 13.1. The monoisotopic (exact) mass is 467 g/mol. The average Bonchev–Trinajstić information content (AvgIpc) is 3.27. The van der Waals surface area contributed by atoms with Crippen molar-refractivity contribution in [1.29, 1.82) is 0 Å². The maximum Gasteiger partial charge on any atom is 0.334 e. The Labute approximate surface area is 191 Å². The van der Waals surface area contributed by atoms with Gasteiger partial charge < -0.3 is 25.1 Å². The number of aromatic amines is 1. The van der Waals surface area contributed by atoms with Crippen molar-refractivity contribution in [3.8, 4) is 17.4 Å². The van der Waals surface area contributed by atoms with Crippen molar-refractivity contribution in [2.75, 3.05) is 26.6 Å². The van der Waals surface area contributed by atoms with Crippen LogP contribution in [0.2, 0.25) is 0 Å². The predicted octanol–water partition coefficient (Wildman–Crippen LogP) is 2.12. The van der Waals surface area contributed by atoms with E-state index in [0.29, 0.717) is 17.2 Å². The predicted molar refractivity (Wildman–Crippen MR) is 126 cm³/mol. The van der Waals surface area contributed by atoms with Gasteiger partial charge in [0.1, 0.15) is 10.5 Å². The highest BCUT2D eigenvalue weighted by Crippen LogP contribution is 2.25. The Balaban J connectivity index is 1.64. The van der Waals surface area contributed by atoms with Crippen LogP contribution >= 0.6 is 11.3 Å². The van der Waals surface area contributed by atoms with Crippen molar-refractivity contribution in [3.63, 3.8) is 0 Å². The summed E-state index contributed by atoms with van der Waals surface area (Å²) in [6, 6.07) is 12.2. The summed E-state index contributed by atoms with van der Waals surface area (Å²) in [5.74, 6) is 0.230. The molecule has 0 unspecified atom stereocenters. The molecule has 0 fully saturated rings. The molecule has 0 bridgehead atoms. The molecule has 170 valence electrons. The SMILES string of the molecule is CNc1ccc(CNC(=O)c2cc3[nH]c(=O)n(-c4ccc(OC)c(OC)n4)c(=O)c3s2)cc1. The number of anilines is 1. The van der Waals surface area contributed by atoms with Crippen LogP contribution in [0.1, 0.15) is 15.2 Å². The fraction of sp³-hybridized carbons (Fsp3) is 0.182. The number of hydrogen-bond donors (Lipinski definition) is 3. The second-order valence-electron chi connectivity index (χ2n) is 6.93. The number of carbonyl (C=O) groups excluding carboxylic acids is 1. The number of pyridine rings is 1. The number of amides is 1. The summed E-state index contributed by atoms with van der Waals surface area (Å²) in [4.78, 5) is 45.5. The summed E-state index contributed by atoms with van der Waals surface area (Å²) in [5, 5.41) is 5.86. The molecule has 11 heteroatoms. The highest BCUT2D eigenvalue weighted by Gasteiger charge is 2.18. The largest absolute Gasteiger partial charge is 0.491 e. The first kappa shape index (κ1) is 22.1. The van der Waals surface area contributed by atoms with Crippen LogP contribution < -0.4 is 31.4 Å². The van der Waals surface area contributed by atoms with E-state index in [0.717, 1.165) is 27.2 Å². The van der Waals surface area contributed by atoms with Crippen LogP contribution in [-0.2, 0) is 6.54 Å². The van der Waals surface area contributed by atoms with E-state index >= 15 is 0 Å². The van der Waals surface area contributed by atoms with Crippen molar-refractivity contribution >= 4 is 33.1 Å². The lowest BCUT2D eigenvalue weighted by Crippen LogP contribution is -2.33. The van der Waals surface area contributed by atoms with Gasteiger partial charge in [0.15, 0.2) is 5.75 Å². The standard InChI is InChI=1S/C22H21N5O5S/c1-23-13-6-4-12(5-7-13)11-24-19(28)16-10-14-18(33-16)21(29)27(22(30)25-14)17-9-8-15(31-2)20(26-17)32-3/h4-10,23H,11H2,1-3H3,(H,24,28)(H,25,30).